The molecule has 0 bridgehead atoms. The van der Waals surface area contributed by atoms with Crippen molar-refractivity contribution < 1.29 is 32.5 Å². The number of methoxy groups -OCH3 is 1. The van der Waals surface area contributed by atoms with E-state index in [9.17, 15) is 23.1 Å². The van der Waals surface area contributed by atoms with Gasteiger partial charge in [-0.25, -0.2) is 14.6 Å². The molecular weight excluding hydrogens is 431 g/mol. The summed E-state index contributed by atoms with van der Waals surface area (Å²) in [4.78, 5) is 19.9. The first-order chi connectivity index (χ1) is 15.2. The van der Waals surface area contributed by atoms with Crippen molar-refractivity contribution in [3.05, 3.63) is 36.3 Å². The minimum atomic E-state index is -4.44. The Kier molecular flexibility index (Phi) is 5.87. The fourth-order valence-corrected chi connectivity index (χ4v) is 3.61. The second-order valence-corrected chi connectivity index (χ2v) is 7.37. The summed E-state index contributed by atoms with van der Waals surface area (Å²) in [6, 6.07) is 5.31. The highest BCUT2D eigenvalue weighted by Crippen LogP contribution is 2.35. The van der Waals surface area contributed by atoms with Gasteiger partial charge in [0.2, 0.25) is 0 Å². The Bertz CT molecular complexity index is 1120. The van der Waals surface area contributed by atoms with Gasteiger partial charge in [-0.15, -0.1) is 0 Å². The maximum atomic E-state index is 12.8. The van der Waals surface area contributed by atoms with Gasteiger partial charge < -0.3 is 19.1 Å². The third kappa shape index (κ3) is 4.59. The van der Waals surface area contributed by atoms with E-state index in [0.717, 1.165) is 16.6 Å². The molecule has 4 rings (SSSR count). The Morgan fingerprint density at radius 3 is 2.88 bits per heavy atom. The standard InChI is InChI=1S/C20H20F3N5O4/c1-31-9-13(19(29)30)6-12-2-3-14-16(7-12)32-5-4-27-8-15(26-17(14)27)18-24-11-25-28(18)10-20(21,22)23/h2-3,7-8,11,13H,4-6,9-10H2,1H3,(H,29,30)/t13-/m0/s1. The summed E-state index contributed by atoms with van der Waals surface area (Å²) in [5, 5.41) is 13.0. The molecule has 3 aromatic rings. The zero-order valence-electron chi connectivity index (χ0n) is 17.0. The number of carbonyl (C=O) groups is 1. The van der Waals surface area contributed by atoms with Crippen molar-refractivity contribution in [3.8, 4) is 28.7 Å². The Morgan fingerprint density at radius 2 is 2.16 bits per heavy atom. The number of ether oxygens (including phenoxy) is 2. The predicted octanol–water partition coefficient (Wildman–Crippen LogP) is 2.65. The lowest BCUT2D eigenvalue weighted by Crippen LogP contribution is -2.21. The van der Waals surface area contributed by atoms with Gasteiger partial charge in [0.25, 0.3) is 0 Å². The molecule has 0 aliphatic carbocycles. The van der Waals surface area contributed by atoms with E-state index in [4.69, 9.17) is 9.47 Å². The van der Waals surface area contributed by atoms with Gasteiger partial charge >= 0.3 is 12.1 Å². The van der Waals surface area contributed by atoms with Crippen LogP contribution in [0.5, 0.6) is 5.75 Å². The van der Waals surface area contributed by atoms with Crippen molar-refractivity contribution in [2.45, 2.75) is 25.7 Å². The average molecular weight is 451 g/mol. The lowest BCUT2D eigenvalue weighted by molar-refractivity contribution is -0.144. The third-order valence-electron chi connectivity index (χ3n) is 5.03. The molecule has 1 aromatic carbocycles. The van der Waals surface area contributed by atoms with Gasteiger partial charge in [-0.05, 0) is 24.1 Å². The number of fused-ring (bicyclic) bond motifs is 3. The van der Waals surface area contributed by atoms with E-state index in [-0.39, 0.29) is 24.5 Å². The Hall–Kier alpha value is -3.41. The number of imidazole rings is 1. The normalized spacial score (nSPS) is 14.2. The summed E-state index contributed by atoms with van der Waals surface area (Å²) >= 11 is 0. The molecule has 1 aliphatic rings. The number of benzene rings is 1. The number of rotatable bonds is 7. The topological polar surface area (TPSA) is 104 Å². The van der Waals surface area contributed by atoms with E-state index in [1.165, 1.54) is 7.11 Å². The van der Waals surface area contributed by atoms with E-state index >= 15 is 0 Å². The summed E-state index contributed by atoms with van der Waals surface area (Å²) in [6.07, 6.45) is -1.49. The molecule has 0 radical (unpaired) electrons. The van der Waals surface area contributed by atoms with Crippen LogP contribution in [0.2, 0.25) is 0 Å². The van der Waals surface area contributed by atoms with E-state index in [1.54, 1.807) is 29.0 Å². The summed E-state index contributed by atoms with van der Waals surface area (Å²) in [5.41, 5.74) is 1.68. The van der Waals surface area contributed by atoms with E-state index in [2.05, 4.69) is 15.1 Å². The first kappa shape index (κ1) is 21.8. The molecule has 0 unspecified atom stereocenters. The smallest absolute Gasteiger partial charge is 0.408 e. The first-order valence-corrected chi connectivity index (χ1v) is 9.75. The summed E-state index contributed by atoms with van der Waals surface area (Å²) in [5.74, 6) is -0.585. The number of carboxylic acid groups (broad SMARTS) is 1. The van der Waals surface area contributed by atoms with Crippen LogP contribution >= 0.6 is 0 Å². The summed E-state index contributed by atoms with van der Waals surface area (Å²) in [6.45, 7) is -0.435. The fourth-order valence-electron chi connectivity index (χ4n) is 3.61. The van der Waals surface area contributed by atoms with Gasteiger partial charge in [-0.2, -0.15) is 18.3 Å². The van der Waals surface area contributed by atoms with Gasteiger partial charge in [0.1, 0.15) is 36.7 Å². The van der Waals surface area contributed by atoms with Crippen LogP contribution in [0, 0.1) is 5.92 Å². The molecule has 170 valence electrons. The van der Waals surface area contributed by atoms with Crippen molar-refractivity contribution >= 4 is 5.97 Å². The first-order valence-electron chi connectivity index (χ1n) is 9.75. The molecule has 2 aromatic heterocycles. The van der Waals surface area contributed by atoms with Crippen molar-refractivity contribution in [2.24, 2.45) is 5.92 Å². The molecule has 0 amide bonds. The maximum absolute atomic E-state index is 12.8. The minimum absolute atomic E-state index is 0.0193. The van der Waals surface area contributed by atoms with E-state index in [0.29, 0.717) is 30.3 Å². The zero-order valence-corrected chi connectivity index (χ0v) is 17.0. The molecule has 9 nitrogen and oxygen atoms in total. The van der Waals surface area contributed by atoms with Gasteiger partial charge in [0.15, 0.2) is 5.82 Å². The van der Waals surface area contributed by atoms with Crippen LogP contribution in [0.1, 0.15) is 5.56 Å². The SMILES string of the molecule is COC[C@H](Cc1ccc2c(c1)OCCn1cc(-c3ncnn3CC(F)(F)F)nc1-2)C(=O)O. The van der Waals surface area contributed by atoms with Gasteiger partial charge in [0.05, 0.1) is 24.6 Å². The van der Waals surface area contributed by atoms with Crippen molar-refractivity contribution in [1.29, 1.82) is 0 Å². The molecule has 32 heavy (non-hydrogen) atoms. The summed E-state index contributed by atoms with van der Waals surface area (Å²) < 4.78 is 51.9. The second kappa shape index (κ2) is 8.61. The van der Waals surface area contributed by atoms with Crippen LogP contribution in [0.25, 0.3) is 22.9 Å². The number of aromatic nitrogens is 5. The lowest BCUT2D eigenvalue weighted by Gasteiger charge is -2.13. The molecule has 1 atom stereocenters. The molecule has 1 N–H and O–H groups in total. The average Bonchev–Trinajstić information content (AvgIpc) is 3.29. The molecule has 0 saturated heterocycles. The van der Waals surface area contributed by atoms with Crippen LogP contribution < -0.4 is 4.74 Å². The lowest BCUT2D eigenvalue weighted by atomic mass is 9.98. The molecule has 0 saturated carbocycles. The number of halogens is 3. The molecule has 12 heteroatoms. The number of carboxylic acids is 1. The maximum Gasteiger partial charge on any atom is 0.408 e. The zero-order chi connectivity index (χ0) is 22.9. The number of aliphatic carboxylic acids is 1. The summed E-state index contributed by atoms with van der Waals surface area (Å²) in [7, 11) is 1.45. The number of hydrogen-bond donors (Lipinski definition) is 1. The highest BCUT2D eigenvalue weighted by molar-refractivity contribution is 5.71. The molecule has 0 spiro atoms. The van der Waals surface area contributed by atoms with Gasteiger partial charge in [0, 0.05) is 13.3 Å². The Labute approximate surface area is 180 Å². The third-order valence-corrected chi connectivity index (χ3v) is 5.03. The van der Waals surface area contributed by atoms with Crippen LogP contribution in [-0.2, 0) is 29.0 Å². The van der Waals surface area contributed by atoms with Gasteiger partial charge in [-0.1, -0.05) is 6.07 Å². The monoisotopic (exact) mass is 451 g/mol. The Balaban J connectivity index is 1.66. The highest BCUT2D eigenvalue weighted by Gasteiger charge is 2.31. The van der Waals surface area contributed by atoms with Crippen LogP contribution in [-0.4, -0.2) is 61.9 Å². The fraction of sp³-hybridized carbons (Fsp3) is 0.400. The number of nitrogens with zero attached hydrogens (tertiary/aromatic N) is 5. The minimum Gasteiger partial charge on any atom is -0.491 e. The highest BCUT2D eigenvalue weighted by atomic mass is 19.4. The van der Waals surface area contributed by atoms with E-state index < -0.39 is 24.6 Å². The van der Waals surface area contributed by atoms with Crippen molar-refractivity contribution in [2.75, 3.05) is 20.3 Å². The van der Waals surface area contributed by atoms with Crippen LogP contribution in [0.15, 0.2) is 30.7 Å². The largest absolute Gasteiger partial charge is 0.491 e. The quantitative estimate of drug-likeness (QED) is 0.589. The van der Waals surface area contributed by atoms with Crippen LogP contribution in [0.3, 0.4) is 0 Å². The molecule has 3 heterocycles. The Morgan fingerprint density at radius 1 is 1.34 bits per heavy atom. The van der Waals surface area contributed by atoms with Crippen molar-refractivity contribution in [1.82, 2.24) is 24.3 Å². The molecule has 0 fully saturated rings. The molecular formula is C20H20F3N5O4. The second-order valence-electron chi connectivity index (χ2n) is 7.37. The molecule has 1 aliphatic heterocycles. The van der Waals surface area contributed by atoms with Crippen LogP contribution in [0.4, 0.5) is 13.2 Å². The number of alkyl halides is 3. The van der Waals surface area contributed by atoms with Crippen molar-refractivity contribution in [3.63, 3.8) is 0 Å². The van der Waals surface area contributed by atoms with Gasteiger partial charge in [-0.3, -0.25) is 4.79 Å². The predicted molar refractivity (Wildman–Crippen MR) is 105 cm³/mol. The van der Waals surface area contributed by atoms with E-state index in [1.807, 2.05) is 0 Å². The number of hydrogen-bond acceptors (Lipinski definition) is 6.